The predicted molar refractivity (Wildman–Crippen MR) is 70.8 cm³/mol. The fraction of sp³-hybridized carbons (Fsp3) is 0.600. The van der Waals surface area contributed by atoms with Crippen molar-refractivity contribution in [2.75, 3.05) is 6.61 Å². The molecule has 0 aromatic heterocycles. The minimum atomic E-state index is -0.463. The first-order chi connectivity index (χ1) is 8.46. The van der Waals surface area contributed by atoms with Crippen molar-refractivity contribution in [3.05, 3.63) is 29.8 Å². The summed E-state index contributed by atoms with van der Waals surface area (Å²) < 4.78 is 11.6. The smallest absolute Gasteiger partial charge is 0.119 e. The maximum Gasteiger partial charge on any atom is 0.119 e. The number of benzene rings is 1. The van der Waals surface area contributed by atoms with Crippen LogP contribution in [0.15, 0.2) is 24.3 Å². The predicted octanol–water partition coefficient (Wildman–Crippen LogP) is 3.08. The van der Waals surface area contributed by atoms with Gasteiger partial charge in [0.2, 0.25) is 0 Å². The van der Waals surface area contributed by atoms with Gasteiger partial charge in [0.15, 0.2) is 0 Å². The number of ether oxygens (including phenoxy) is 2. The second kappa shape index (κ2) is 5.29. The molecule has 3 heteroatoms. The van der Waals surface area contributed by atoms with Crippen molar-refractivity contribution in [2.24, 2.45) is 0 Å². The van der Waals surface area contributed by atoms with Crippen molar-refractivity contribution in [3.8, 4) is 5.75 Å². The van der Waals surface area contributed by atoms with Gasteiger partial charge >= 0.3 is 0 Å². The third-order valence-electron chi connectivity index (χ3n) is 3.33. The van der Waals surface area contributed by atoms with Gasteiger partial charge < -0.3 is 14.6 Å². The van der Waals surface area contributed by atoms with Crippen molar-refractivity contribution in [1.82, 2.24) is 0 Å². The molecule has 0 bridgehead atoms. The van der Waals surface area contributed by atoms with Crippen LogP contribution in [0, 0.1) is 0 Å². The van der Waals surface area contributed by atoms with Crippen LogP contribution in [0.25, 0.3) is 0 Å². The molecule has 0 amide bonds. The molecule has 1 fully saturated rings. The normalized spacial score (nSPS) is 23.9. The first-order valence-electron chi connectivity index (χ1n) is 6.55. The van der Waals surface area contributed by atoms with Crippen LogP contribution >= 0.6 is 0 Å². The molecule has 3 nitrogen and oxygen atoms in total. The molecule has 2 atom stereocenters. The van der Waals surface area contributed by atoms with E-state index in [0.717, 1.165) is 24.2 Å². The van der Waals surface area contributed by atoms with E-state index in [1.54, 1.807) is 6.92 Å². The van der Waals surface area contributed by atoms with E-state index in [2.05, 4.69) is 13.8 Å². The van der Waals surface area contributed by atoms with E-state index >= 15 is 0 Å². The first kappa shape index (κ1) is 13.4. The number of aliphatic hydroxyl groups excluding tert-OH is 1. The molecule has 1 aromatic carbocycles. The summed E-state index contributed by atoms with van der Waals surface area (Å²) in [4.78, 5) is 0. The Morgan fingerprint density at radius 1 is 1.50 bits per heavy atom. The highest BCUT2D eigenvalue weighted by Gasteiger charge is 2.31. The van der Waals surface area contributed by atoms with Gasteiger partial charge in [-0.3, -0.25) is 0 Å². The zero-order chi connectivity index (χ0) is 13.2. The number of aliphatic hydroxyl groups is 1. The molecule has 100 valence electrons. The van der Waals surface area contributed by atoms with Gasteiger partial charge in [0.25, 0.3) is 0 Å². The molecule has 1 aliphatic rings. The van der Waals surface area contributed by atoms with Gasteiger partial charge in [0.05, 0.1) is 17.8 Å². The second-order valence-corrected chi connectivity index (χ2v) is 5.60. The monoisotopic (exact) mass is 250 g/mol. The third-order valence-corrected chi connectivity index (χ3v) is 3.33. The molecule has 18 heavy (non-hydrogen) atoms. The van der Waals surface area contributed by atoms with Crippen molar-refractivity contribution in [1.29, 1.82) is 0 Å². The van der Waals surface area contributed by atoms with Gasteiger partial charge in [-0.1, -0.05) is 12.1 Å². The van der Waals surface area contributed by atoms with Crippen LogP contribution in [0.4, 0.5) is 0 Å². The minimum Gasteiger partial charge on any atom is -0.491 e. The fourth-order valence-corrected chi connectivity index (χ4v) is 2.25. The Bertz CT molecular complexity index is 398. The van der Waals surface area contributed by atoms with E-state index in [-0.39, 0.29) is 11.7 Å². The zero-order valence-electron chi connectivity index (χ0n) is 11.3. The topological polar surface area (TPSA) is 38.7 Å². The summed E-state index contributed by atoms with van der Waals surface area (Å²) >= 11 is 0. The molecule has 1 saturated heterocycles. The molecule has 0 saturated carbocycles. The molecule has 2 rings (SSSR count). The number of rotatable bonds is 4. The molecule has 0 aliphatic carbocycles. The summed E-state index contributed by atoms with van der Waals surface area (Å²) in [5.74, 6) is 0.793. The molecular formula is C15H22O3. The Morgan fingerprint density at radius 3 is 2.89 bits per heavy atom. The van der Waals surface area contributed by atoms with Gasteiger partial charge in [-0.05, 0) is 51.3 Å². The van der Waals surface area contributed by atoms with E-state index in [1.165, 1.54) is 0 Å². The van der Waals surface area contributed by atoms with Gasteiger partial charge in [0.1, 0.15) is 12.4 Å². The van der Waals surface area contributed by atoms with Crippen LogP contribution < -0.4 is 4.74 Å². The molecular weight excluding hydrogens is 228 g/mol. The summed E-state index contributed by atoms with van der Waals surface area (Å²) in [6.45, 7) is 6.55. The molecule has 0 radical (unpaired) electrons. The average molecular weight is 250 g/mol. The van der Waals surface area contributed by atoms with E-state index in [4.69, 9.17) is 9.47 Å². The van der Waals surface area contributed by atoms with Crippen molar-refractivity contribution in [3.63, 3.8) is 0 Å². The van der Waals surface area contributed by atoms with Gasteiger partial charge in [-0.15, -0.1) is 0 Å². The number of hydrogen-bond acceptors (Lipinski definition) is 3. The Kier molecular flexibility index (Phi) is 3.93. The van der Waals surface area contributed by atoms with Crippen molar-refractivity contribution >= 4 is 0 Å². The Labute approximate surface area is 109 Å². The van der Waals surface area contributed by atoms with Crippen LogP contribution in [0.2, 0.25) is 0 Å². The largest absolute Gasteiger partial charge is 0.491 e. The van der Waals surface area contributed by atoms with E-state index < -0.39 is 6.10 Å². The maximum atomic E-state index is 9.52. The van der Waals surface area contributed by atoms with Gasteiger partial charge in [-0.25, -0.2) is 0 Å². The molecule has 1 heterocycles. The minimum absolute atomic E-state index is 0.0184. The van der Waals surface area contributed by atoms with Crippen LogP contribution in [-0.4, -0.2) is 23.4 Å². The number of hydrogen-bond donors (Lipinski definition) is 1. The van der Waals surface area contributed by atoms with Crippen molar-refractivity contribution in [2.45, 2.75) is 51.4 Å². The Morgan fingerprint density at radius 2 is 2.28 bits per heavy atom. The van der Waals surface area contributed by atoms with E-state index in [9.17, 15) is 5.11 Å². The molecule has 1 N–H and O–H groups in total. The highest BCUT2D eigenvalue weighted by Crippen LogP contribution is 2.29. The van der Waals surface area contributed by atoms with E-state index in [1.807, 2.05) is 24.3 Å². The summed E-state index contributed by atoms with van der Waals surface area (Å²) in [7, 11) is 0. The SMILES string of the molecule is C[C@H](O)c1cccc(OCC2CCC(C)(C)O2)c1. The first-order valence-corrected chi connectivity index (χ1v) is 6.55. The van der Waals surface area contributed by atoms with Crippen LogP contribution in [0.3, 0.4) is 0 Å². The van der Waals surface area contributed by atoms with Crippen molar-refractivity contribution < 1.29 is 14.6 Å². The van der Waals surface area contributed by atoms with Crippen LogP contribution in [-0.2, 0) is 4.74 Å². The molecule has 1 aromatic rings. The Balaban J connectivity index is 1.89. The van der Waals surface area contributed by atoms with E-state index in [0.29, 0.717) is 6.61 Å². The van der Waals surface area contributed by atoms with Crippen LogP contribution in [0.1, 0.15) is 45.3 Å². The molecule has 1 unspecified atom stereocenters. The second-order valence-electron chi connectivity index (χ2n) is 5.60. The summed E-state index contributed by atoms with van der Waals surface area (Å²) in [5, 5.41) is 9.52. The highest BCUT2D eigenvalue weighted by molar-refractivity contribution is 5.29. The maximum absolute atomic E-state index is 9.52. The summed E-state index contributed by atoms with van der Waals surface area (Å²) in [6, 6.07) is 7.58. The lowest BCUT2D eigenvalue weighted by Gasteiger charge is -2.19. The lowest BCUT2D eigenvalue weighted by Crippen LogP contribution is -2.23. The third kappa shape index (κ3) is 3.47. The van der Waals surface area contributed by atoms with Gasteiger partial charge in [0, 0.05) is 0 Å². The summed E-state index contributed by atoms with van der Waals surface area (Å²) in [6.07, 6.45) is 1.84. The quantitative estimate of drug-likeness (QED) is 0.892. The van der Waals surface area contributed by atoms with Gasteiger partial charge in [-0.2, -0.15) is 0 Å². The highest BCUT2D eigenvalue weighted by atomic mass is 16.6. The Hall–Kier alpha value is -1.06. The standard InChI is InChI=1S/C15H22O3/c1-11(16)12-5-4-6-13(9-12)17-10-14-7-8-15(2,3)18-14/h4-6,9,11,14,16H,7-8,10H2,1-3H3/t11-,14?/m0/s1. The average Bonchev–Trinajstić information content (AvgIpc) is 2.67. The lowest BCUT2D eigenvalue weighted by molar-refractivity contribution is -0.0326. The lowest BCUT2D eigenvalue weighted by atomic mass is 10.1. The fourth-order valence-electron chi connectivity index (χ4n) is 2.25. The molecule has 0 spiro atoms. The summed E-state index contributed by atoms with van der Waals surface area (Å²) in [5.41, 5.74) is 0.857. The zero-order valence-corrected chi connectivity index (χ0v) is 11.3. The van der Waals surface area contributed by atoms with Crippen LogP contribution in [0.5, 0.6) is 5.75 Å². The molecule has 1 aliphatic heterocycles.